The molecule has 0 radical (unpaired) electrons. The molecule has 0 aromatic rings. The number of fused-ring (bicyclic) bond motifs is 1. The molecule has 118 valence electrons. The monoisotopic (exact) mass is 292 g/mol. The Hall–Kier alpha value is -0.740. The maximum atomic E-state index is 12.1. The number of ketones is 1. The minimum Gasteiger partial charge on any atom is -0.379 e. The molecular weight excluding hydrogens is 264 g/mol. The van der Waals surface area contributed by atoms with Crippen molar-refractivity contribution in [2.24, 2.45) is 28.2 Å². The third kappa shape index (κ3) is 2.93. The highest BCUT2D eigenvalue weighted by atomic mass is 16.5. The van der Waals surface area contributed by atoms with E-state index in [1.165, 1.54) is 0 Å². The smallest absolute Gasteiger partial charge is 0.142 e. The molecule has 4 nitrogen and oxygen atoms in total. The van der Waals surface area contributed by atoms with E-state index >= 15 is 0 Å². The molecule has 2 saturated carbocycles. The minimum atomic E-state index is 0.119. The molecule has 0 aromatic heterocycles. The van der Waals surface area contributed by atoms with Crippen molar-refractivity contribution < 1.29 is 9.53 Å². The summed E-state index contributed by atoms with van der Waals surface area (Å²) in [6, 6.07) is 0. The van der Waals surface area contributed by atoms with Crippen molar-refractivity contribution in [2.45, 2.75) is 33.6 Å². The molecule has 3 aliphatic rings. The predicted molar refractivity (Wildman–Crippen MR) is 83.7 cm³/mol. The van der Waals surface area contributed by atoms with E-state index in [2.05, 4.69) is 25.7 Å². The number of Topliss-reactive ketones (excluding diaryl/α,β-unsaturated/α-hetero) is 1. The molecule has 0 amide bonds. The van der Waals surface area contributed by atoms with Gasteiger partial charge in [-0.15, -0.1) is 0 Å². The third-order valence-electron chi connectivity index (χ3n) is 5.81. The molecule has 0 bridgehead atoms. The second kappa shape index (κ2) is 5.81. The Morgan fingerprint density at radius 1 is 1.38 bits per heavy atom. The van der Waals surface area contributed by atoms with Crippen LogP contribution in [0.15, 0.2) is 4.99 Å². The van der Waals surface area contributed by atoms with E-state index < -0.39 is 0 Å². The lowest BCUT2D eigenvalue weighted by molar-refractivity contribution is -0.120. The van der Waals surface area contributed by atoms with Crippen LogP contribution in [0.3, 0.4) is 0 Å². The highest BCUT2D eigenvalue weighted by Crippen LogP contribution is 2.68. The lowest BCUT2D eigenvalue weighted by Crippen LogP contribution is -2.37. The van der Waals surface area contributed by atoms with Crippen molar-refractivity contribution >= 4 is 11.5 Å². The quantitative estimate of drug-likeness (QED) is 0.575. The molecule has 1 unspecified atom stereocenters. The molecule has 0 aromatic carbocycles. The standard InChI is InChI=1S/C17H28N2O2/c1-12(15-14(20)11-13-16(15)17(13,2)3)18-5-4-6-19-7-9-21-10-8-19/h13,15-16H,4-11H2,1-3H3/t13-,15?,16-/m1/s1. The Balaban J connectivity index is 1.46. The number of nitrogens with zero attached hydrogens (tertiary/aromatic N) is 2. The number of morpholine rings is 1. The Labute approximate surface area is 127 Å². The highest BCUT2D eigenvalue weighted by molar-refractivity contribution is 6.07. The van der Waals surface area contributed by atoms with Gasteiger partial charge in [-0.05, 0) is 30.6 Å². The number of ether oxygens (including phenoxy) is 1. The molecule has 3 atom stereocenters. The van der Waals surface area contributed by atoms with Gasteiger partial charge in [0.15, 0.2) is 0 Å². The number of hydrogen-bond acceptors (Lipinski definition) is 4. The number of carbonyl (C=O) groups excluding carboxylic acids is 1. The van der Waals surface area contributed by atoms with Crippen molar-refractivity contribution in [3.8, 4) is 0 Å². The van der Waals surface area contributed by atoms with Gasteiger partial charge in [-0.25, -0.2) is 0 Å². The van der Waals surface area contributed by atoms with Gasteiger partial charge in [-0.2, -0.15) is 0 Å². The van der Waals surface area contributed by atoms with Crippen LogP contribution in [0.25, 0.3) is 0 Å². The van der Waals surface area contributed by atoms with Crippen LogP contribution in [-0.2, 0) is 9.53 Å². The summed E-state index contributed by atoms with van der Waals surface area (Å²) in [5.41, 5.74) is 1.45. The fourth-order valence-electron chi connectivity index (χ4n) is 4.35. The average Bonchev–Trinajstić information content (AvgIpc) is 2.83. The van der Waals surface area contributed by atoms with Crippen LogP contribution in [0.1, 0.15) is 33.6 Å². The molecule has 0 spiro atoms. The molecule has 3 fully saturated rings. The van der Waals surface area contributed by atoms with Gasteiger partial charge in [0, 0.05) is 38.3 Å². The number of hydrogen-bond donors (Lipinski definition) is 0. The largest absolute Gasteiger partial charge is 0.379 e. The van der Waals surface area contributed by atoms with Crippen LogP contribution in [0.4, 0.5) is 0 Å². The van der Waals surface area contributed by atoms with Crippen LogP contribution >= 0.6 is 0 Å². The summed E-state index contributed by atoms with van der Waals surface area (Å²) in [4.78, 5) is 19.3. The first-order valence-electron chi connectivity index (χ1n) is 8.35. The topological polar surface area (TPSA) is 41.9 Å². The second-order valence-corrected chi connectivity index (χ2v) is 7.43. The summed E-state index contributed by atoms with van der Waals surface area (Å²) < 4.78 is 5.35. The van der Waals surface area contributed by atoms with Gasteiger partial charge in [-0.1, -0.05) is 13.8 Å². The van der Waals surface area contributed by atoms with E-state index in [-0.39, 0.29) is 5.92 Å². The Morgan fingerprint density at radius 2 is 2.10 bits per heavy atom. The first-order chi connectivity index (χ1) is 10.0. The Bertz CT molecular complexity index is 438. The van der Waals surface area contributed by atoms with E-state index in [1.54, 1.807) is 0 Å². The van der Waals surface area contributed by atoms with E-state index in [0.717, 1.165) is 57.9 Å². The third-order valence-corrected chi connectivity index (χ3v) is 5.81. The van der Waals surface area contributed by atoms with Gasteiger partial charge in [0.2, 0.25) is 0 Å². The predicted octanol–water partition coefficient (Wildman–Crippen LogP) is 2.03. The van der Waals surface area contributed by atoms with Gasteiger partial charge in [-0.3, -0.25) is 14.7 Å². The molecule has 21 heavy (non-hydrogen) atoms. The zero-order chi connectivity index (χ0) is 15.0. The molecule has 0 N–H and O–H groups in total. The summed E-state index contributed by atoms with van der Waals surface area (Å²) in [7, 11) is 0. The normalized spacial score (nSPS) is 35.9. The molecule has 1 saturated heterocycles. The maximum Gasteiger partial charge on any atom is 0.142 e. The lowest BCUT2D eigenvalue weighted by atomic mass is 9.89. The van der Waals surface area contributed by atoms with E-state index in [0.29, 0.717) is 23.0 Å². The van der Waals surface area contributed by atoms with Crippen LogP contribution in [0, 0.1) is 23.2 Å². The second-order valence-electron chi connectivity index (χ2n) is 7.43. The summed E-state index contributed by atoms with van der Waals surface area (Å²) in [6.45, 7) is 12.4. The average molecular weight is 292 g/mol. The van der Waals surface area contributed by atoms with E-state index in [4.69, 9.17) is 9.73 Å². The molecule has 1 aliphatic heterocycles. The van der Waals surface area contributed by atoms with E-state index in [1.807, 2.05) is 0 Å². The number of carbonyl (C=O) groups is 1. The molecule has 3 rings (SSSR count). The zero-order valence-electron chi connectivity index (χ0n) is 13.6. The Morgan fingerprint density at radius 3 is 2.76 bits per heavy atom. The van der Waals surface area contributed by atoms with Gasteiger partial charge in [0.05, 0.1) is 19.1 Å². The number of rotatable bonds is 5. The minimum absolute atomic E-state index is 0.119. The Kier molecular flexibility index (Phi) is 4.19. The van der Waals surface area contributed by atoms with Crippen molar-refractivity contribution in [1.29, 1.82) is 0 Å². The molecule has 4 heteroatoms. The van der Waals surface area contributed by atoms with Crippen LogP contribution in [0.2, 0.25) is 0 Å². The summed E-state index contributed by atoms with van der Waals surface area (Å²) in [5.74, 6) is 1.73. The first-order valence-corrected chi connectivity index (χ1v) is 8.35. The van der Waals surface area contributed by atoms with Crippen LogP contribution in [-0.4, -0.2) is 55.8 Å². The van der Waals surface area contributed by atoms with Crippen molar-refractivity contribution in [1.82, 2.24) is 4.90 Å². The van der Waals surface area contributed by atoms with Gasteiger partial charge >= 0.3 is 0 Å². The first kappa shape index (κ1) is 15.2. The van der Waals surface area contributed by atoms with Crippen molar-refractivity contribution in [3.05, 3.63) is 0 Å². The van der Waals surface area contributed by atoms with E-state index in [9.17, 15) is 4.79 Å². The zero-order valence-corrected chi connectivity index (χ0v) is 13.6. The van der Waals surface area contributed by atoms with Crippen LogP contribution in [0.5, 0.6) is 0 Å². The summed E-state index contributed by atoms with van der Waals surface area (Å²) >= 11 is 0. The SMILES string of the molecule is CC(=NCCCN1CCOCC1)C1C(=O)C[C@@H]2[C@H]1C2(C)C. The fourth-order valence-corrected chi connectivity index (χ4v) is 4.35. The molecule has 2 aliphatic carbocycles. The lowest BCUT2D eigenvalue weighted by Gasteiger charge is -2.26. The van der Waals surface area contributed by atoms with Crippen molar-refractivity contribution in [3.63, 3.8) is 0 Å². The van der Waals surface area contributed by atoms with Crippen molar-refractivity contribution in [2.75, 3.05) is 39.4 Å². The highest BCUT2D eigenvalue weighted by Gasteiger charge is 2.67. The summed E-state index contributed by atoms with van der Waals surface area (Å²) in [6.07, 6.45) is 1.86. The molecule has 1 heterocycles. The van der Waals surface area contributed by atoms with Crippen LogP contribution < -0.4 is 0 Å². The van der Waals surface area contributed by atoms with Gasteiger partial charge < -0.3 is 4.74 Å². The maximum absolute atomic E-state index is 12.1. The number of aliphatic imine (C=N–C) groups is 1. The van der Waals surface area contributed by atoms with Gasteiger partial charge in [0.25, 0.3) is 0 Å². The summed E-state index contributed by atoms with van der Waals surface area (Å²) in [5, 5.41) is 0. The fraction of sp³-hybridized carbons (Fsp3) is 0.882. The molecular formula is C17H28N2O2. The van der Waals surface area contributed by atoms with Gasteiger partial charge in [0.1, 0.15) is 5.78 Å².